The summed E-state index contributed by atoms with van der Waals surface area (Å²) in [6.07, 6.45) is 5.31. The maximum absolute atomic E-state index is 11.7. The minimum atomic E-state index is -0.310. The molecule has 5 heteroatoms. The fourth-order valence-corrected chi connectivity index (χ4v) is 2.39. The number of pyridine rings is 1. The smallest absolute Gasteiger partial charge is 0.269 e. The molecule has 104 valence electrons. The molecule has 1 amide bonds. The van der Waals surface area contributed by atoms with Crippen molar-refractivity contribution < 1.29 is 9.90 Å². The summed E-state index contributed by atoms with van der Waals surface area (Å²) in [5.41, 5.74) is 1.24. The van der Waals surface area contributed by atoms with Gasteiger partial charge in [-0.1, -0.05) is 12.8 Å². The number of amides is 1. The van der Waals surface area contributed by atoms with Gasteiger partial charge in [0, 0.05) is 18.4 Å². The normalized spacial score (nSPS) is 22.8. The molecule has 1 saturated carbocycles. The van der Waals surface area contributed by atoms with Gasteiger partial charge in [-0.3, -0.25) is 9.78 Å². The highest BCUT2D eigenvalue weighted by molar-refractivity contribution is 5.93. The van der Waals surface area contributed by atoms with Crippen molar-refractivity contribution in [2.24, 2.45) is 0 Å². The largest absolute Gasteiger partial charge is 0.391 e. The van der Waals surface area contributed by atoms with Gasteiger partial charge in [-0.2, -0.15) is 0 Å². The quantitative estimate of drug-likeness (QED) is 0.770. The number of rotatable bonds is 4. The van der Waals surface area contributed by atoms with Crippen LogP contribution in [0.5, 0.6) is 0 Å². The Morgan fingerprint density at radius 3 is 3.00 bits per heavy atom. The van der Waals surface area contributed by atoms with Gasteiger partial charge in [0.25, 0.3) is 5.91 Å². The van der Waals surface area contributed by atoms with Crippen molar-refractivity contribution in [3.63, 3.8) is 0 Å². The van der Waals surface area contributed by atoms with Crippen LogP contribution in [0.1, 0.15) is 43.1 Å². The Morgan fingerprint density at radius 2 is 2.26 bits per heavy atom. The number of aliphatic hydroxyl groups excluding tert-OH is 1. The van der Waals surface area contributed by atoms with Crippen LogP contribution in [0, 0.1) is 0 Å². The van der Waals surface area contributed by atoms with Gasteiger partial charge in [0.2, 0.25) is 0 Å². The van der Waals surface area contributed by atoms with E-state index in [0.29, 0.717) is 12.2 Å². The summed E-state index contributed by atoms with van der Waals surface area (Å²) >= 11 is 0. The molecule has 1 aliphatic carbocycles. The summed E-state index contributed by atoms with van der Waals surface area (Å²) in [4.78, 5) is 15.8. The highest BCUT2D eigenvalue weighted by Crippen LogP contribution is 2.22. The maximum atomic E-state index is 11.7. The second kappa shape index (κ2) is 6.52. The molecule has 3 N–H and O–H groups in total. The van der Waals surface area contributed by atoms with E-state index in [1.807, 2.05) is 13.0 Å². The molecule has 1 aliphatic rings. The first-order valence-electron chi connectivity index (χ1n) is 6.89. The standard InChI is InChI=1S/C14H21N3O2/c1-2-15-14(19)12-9-10(7-8-16-12)17-11-5-3-4-6-13(11)18/h7-9,11,13,18H,2-6H2,1H3,(H,15,19)(H,16,17). The minimum absolute atomic E-state index is 0.0678. The van der Waals surface area contributed by atoms with Gasteiger partial charge in [0.15, 0.2) is 0 Å². The summed E-state index contributed by atoms with van der Waals surface area (Å²) in [5, 5.41) is 16.0. The molecular formula is C14H21N3O2. The summed E-state index contributed by atoms with van der Waals surface area (Å²) in [6.45, 7) is 2.46. The predicted molar refractivity (Wildman–Crippen MR) is 74.1 cm³/mol. The van der Waals surface area contributed by atoms with E-state index < -0.39 is 0 Å². The van der Waals surface area contributed by atoms with E-state index in [1.165, 1.54) is 0 Å². The third-order valence-electron chi connectivity index (χ3n) is 3.41. The van der Waals surface area contributed by atoms with Gasteiger partial charge in [-0.25, -0.2) is 0 Å². The van der Waals surface area contributed by atoms with Crippen LogP contribution in [0.4, 0.5) is 5.69 Å². The second-order valence-corrected chi connectivity index (χ2v) is 4.89. The first-order chi connectivity index (χ1) is 9.20. The first-order valence-corrected chi connectivity index (χ1v) is 6.89. The Bertz CT molecular complexity index is 436. The molecule has 0 spiro atoms. The number of nitrogens with zero attached hydrogens (tertiary/aromatic N) is 1. The Kier molecular flexibility index (Phi) is 4.74. The van der Waals surface area contributed by atoms with Crippen molar-refractivity contribution in [3.8, 4) is 0 Å². The third kappa shape index (κ3) is 3.67. The number of carbonyl (C=O) groups excluding carboxylic acids is 1. The fourth-order valence-electron chi connectivity index (χ4n) is 2.39. The first kappa shape index (κ1) is 13.8. The average Bonchev–Trinajstić information content (AvgIpc) is 2.42. The molecule has 2 atom stereocenters. The number of hydrogen-bond acceptors (Lipinski definition) is 4. The van der Waals surface area contributed by atoms with Crippen molar-refractivity contribution in [1.82, 2.24) is 10.3 Å². The van der Waals surface area contributed by atoms with Crippen LogP contribution >= 0.6 is 0 Å². The van der Waals surface area contributed by atoms with E-state index in [4.69, 9.17) is 0 Å². The fraction of sp³-hybridized carbons (Fsp3) is 0.571. The zero-order chi connectivity index (χ0) is 13.7. The Labute approximate surface area is 113 Å². The number of aliphatic hydroxyl groups is 1. The lowest BCUT2D eigenvalue weighted by Crippen LogP contribution is -2.36. The number of aromatic nitrogens is 1. The molecule has 2 unspecified atom stereocenters. The highest BCUT2D eigenvalue weighted by atomic mass is 16.3. The van der Waals surface area contributed by atoms with E-state index in [2.05, 4.69) is 15.6 Å². The molecule has 1 fully saturated rings. The number of nitrogens with one attached hydrogen (secondary N) is 2. The lowest BCUT2D eigenvalue weighted by Gasteiger charge is -2.29. The zero-order valence-corrected chi connectivity index (χ0v) is 11.2. The van der Waals surface area contributed by atoms with Crippen LogP contribution in [-0.4, -0.2) is 34.7 Å². The summed E-state index contributed by atoms with van der Waals surface area (Å²) in [7, 11) is 0. The minimum Gasteiger partial charge on any atom is -0.391 e. The lowest BCUT2D eigenvalue weighted by atomic mass is 9.92. The van der Waals surface area contributed by atoms with Gasteiger partial charge < -0.3 is 15.7 Å². The number of carbonyl (C=O) groups is 1. The maximum Gasteiger partial charge on any atom is 0.269 e. The van der Waals surface area contributed by atoms with Gasteiger partial charge in [-0.15, -0.1) is 0 Å². The molecule has 1 heterocycles. The van der Waals surface area contributed by atoms with E-state index >= 15 is 0 Å². The van der Waals surface area contributed by atoms with E-state index in [-0.39, 0.29) is 18.1 Å². The molecule has 0 aliphatic heterocycles. The van der Waals surface area contributed by atoms with Gasteiger partial charge in [0.1, 0.15) is 5.69 Å². The molecule has 19 heavy (non-hydrogen) atoms. The molecule has 2 rings (SSSR count). The Hall–Kier alpha value is -1.62. The van der Waals surface area contributed by atoms with Gasteiger partial charge in [-0.05, 0) is 31.9 Å². The Morgan fingerprint density at radius 1 is 1.47 bits per heavy atom. The van der Waals surface area contributed by atoms with Crippen LogP contribution in [0.3, 0.4) is 0 Å². The van der Waals surface area contributed by atoms with Crippen LogP contribution < -0.4 is 10.6 Å². The van der Waals surface area contributed by atoms with Crippen molar-refractivity contribution in [1.29, 1.82) is 0 Å². The Balaban J connectivity index is 2.04. The van der Waals surface area contributed by atoms with Gasteiger partial charge in [0.05, 0.1) is 12.1 Å². The van der Waals surface area contributed by atoms with E-state index in [1.54, 1.807) is 12.3 Å². The van der Waals surface area contributed by atoms with Crippen molar-refractivity contribution in [2.75, 3.05) is 11.9 Å². The molecule has 0 saturated heterocycles. The summed E-state index contributed by atoms with van der Waals surface area (Å²) in [6, 6.07) is 3.62. The number of hydrogen-bond donors (Lipinski definition) is 3. The SMILES string of the molecule is CCNC(=O)c1cc(NC2CCCCC2O)ccn1. The second-order valence-electron chi connectivity index (χ2n) is 4.89. The van der Waals surface area contributed by atoms with Gasteiger partial charge >= 0.3 is 0 Å². The van der Waals surface area contributed by atoms with E-state index in [0.717, 1.165) is 31.4 Å². The summed E-state index contributed by atoms with van der Waals surface area (Å²) in [5.74, 6) is -0.171. The third-order valence-corrected chi connectivity index (χ3v) is 3.41. The topological polar surface area (TPSA) is 74.2 Å². The molecule has 1 aromatic heterocycles. The van der Waals surface area contributed by atoms with Crippen LogP contribution in [0.2, 0.25) is 0 Å². The molecule has 0 radical (unpaired) electrons. The summed E-state index contributed by atoms with van der Waals surface area (Å²) < 4.78 is 0. The monoisotopic (exact) mass is 263 g/mol. The van der Waals surface area contributed by atoms with Crippen LogP contribution in [0.25, 0.3) is 0 Å². The molecule has 5 nitrogen and oxygen atoms in total. The predicted octanol–water partition coefficient (Wildman–Crippen LogP) is 1.55. The molecule has 0 aromatic carbocycles. The molecule has 0 bridgehead atoms. The van der Waals surface area contributed by atoms with Crippen molar-refractivity contribution in [2.45, 2.75) is 44.8 Å². The average molecular weight is 263 g/mol. The van der Waals surface area contributed by atoms with Crippen LogP contribution in [0.15, 0.2) is 18.3 Å². The van der Waals surface area contributed by atoms with E-state index in [9.17, 15) is 9.90 Å². The molecule has 1 aromatic rings. The van der Waals surface area contributed by atoms with Crippen molar-refractivity contribution >= 4 is 11.6 Å². The highest BCUT2D eigenvalue weighted by Gasteiger charge is 2.22. The lowest BCUT2D eigenvalue weighted by molar-refractivity contribution is 0.0951. The zero-order valence-electron chi connectivity index (χ0n) is 11.2. The van der Waals surface area contributed by atoms with Crippen molar-refractivity contribution in [3.05, 3.63) is 24.0 Å². The number of anilines is 1. The molecular weight excluding hydrogens is 242 g/mol. The van der Waals surface area contributed by atoms with Crippen LogP contribution in [-0.2, 0) is 0 Å².